The van der Waals surface area contributed by atoms with E-state index in [1.165, 1.54) is 4.90 Å². The van der Waals surface area contributed by atoms with Crippen molar-refractivity contribution in [2.75, 3.05) is 33.7 Å². The van der Waals surface area contributed by atoms with Crippen LogP contribution in [0.2, 0.25) is 0 Å². The van der Waals surface area contributed by atoms with E-state index in [0.29, 0.717) is 18.9 Å². The average Bonchev–Trinajstić information content (AvgIpc) is 2.69. The van der Waals surface area contributed by atoms with Crippen LogP contribution in [-0.4, -0.2) is 75.7 Å². The Morgan fingerprint density at radius 2 is 2.00 bits per heavy atom. The van der Waals surface area contributed by atoms with Crippen LogP contribution in [0.4, 0.5) is 0 Å². The minimum Gasteiger partial charge on any atom is -0.480 e. The standard InChI is InChI=1S/C10H17N5O3/c1-7-11-9(13-12-7)10(18)15(6-8(16)17)5-4-14(2)3/h4-6H2,1-3H3,(H,16,17)(H,11,12,13). The predicted molar refractivity (Wildman–Crippen MR) is 63.2 cm³/mol. The number of carbonyl (C=O) groups is 2. The van der Waals surface area contributed by atoms with E-state index in [4.69, 9.17) is 5.11 Å². The maximum atomic E-state index is 12.0. The van der Waals surface area contributed by atoms with Crippen molar-refractivity contribution in [2.24, 2.45) is 0 Å². The van der Waals surface area contributed by atoms with E-state index < -0.39 is 11.9 Å². The van der Waals surface area contributed by atoms with Gasteiger partial charge >= 0.3 is 5.97 Å². The molecule has 100 valence electrons. The molecule has 1 aromatic rings. The van der Waals surface area contributed by atoms with Crippen molar-refractivity contribution >= 4 is 11.9 Å². The monoisotopic (exact) mass is 255 g/mol. The van der Waals surface area contributed by atoms with Crippen molar-refractivity contribution < 1.29 is 14.7 Å². The lowest BCUT2D eigenvalue weighted by Crippen LogP contribution is -2.40. The summed E-state index contributed by atoms with van der Waals surface area (Å²) in [6.07, 6.45) is 0. The summed E-state index contributed by atoms with van der Waals surface area (Å²) in [6.45, 7) is 2.19. The number of amides is 1. The molecular weight excluding hydrogens is 238 g/mol. The highest BCUT2D eigenvalue weighted by atomic mass is 16.4. The highest BCUT2D eigenvalue weighted by Gasteiger charge is 2.21. The van der Waals surface area contributed by atoms with Crippen LogP contribution in [0, 0.1) is 6.92 Å². The Labute approximate surface area is 105 Å². The number of nitrogens with zero attached hydrogens (tertiary/aromatic N) is 4. The molecule has 0 aliphatic heterocycles. The van der Waals surface area contributed by atoms with Crippen molar-refractivity contribution in [3.05, 3.63) is 11.6 Å². The molecule has 0 aliphatic rings. The molecule has 2 N–H and O–H groups in total. The number of aromatic nitrogens is 3. The number of H-pyrrole nitrogens is 1. The fourth-order valence-electron chi connectivity index (χ4n) is 1.32. The third-order valence-corrected chi connectivity index (χ3v) is 2.22. The Morgan fingerprint density at radius 1 is 1.33 bits per heavy atom. The molecule has 0 fully saturated rings. The first kappa shape index (κ1) is 14.1. The van der Waals surface area contributed by atoms with Crippen LogP contribution in [0.15, 0.2) is 0 Å². The molecule has 0 bridgehead atoms. The smallest absolute Gasteiger partial charge is 0.323 e. The third-order valence-electron chi connectivity index (χ3n) is 2.22. The van der Waals surface area contributed by atoms with E-state index in [0.717, 1.165) is 0 Å². The Balaban J connectivity index is 2.75. The molecule has 0 atom stereocenters. The Bertz CT molecular complexity index is 429. The third kappa shape index (κ3) is 4.13. The van der Waals surface area contributed by atoms with Gasteiger partial charge in [0.1, 0.15) is 12.4 Å². The largest absolute Gasteiger partial charge is 0.480 e. The van der Waals surface area contributed by atoms with Gasteiger partial charge in [0.05, 0.1) is 0 Å². The zero-order chi connectivity index (χ0) is 13.7. The first-order valence-electron chi connectivity index (χ1n) is 5.45. The maximum Gasteiger partial charge on any atom is 0.323 e. The molecule has 0 saturated carbocycles. The molecule has 1 heterocycles. The molecule has 18 heavy (non-hydrogen) atoms. The topological polar surface area (TPSA) is 102 Å². The van der Waals surface area contributed by atoms with Gasteiger partial charge in [-0.1, -0.05) is 0 Å². The van der Waals surface area contributed by atoms with Crippen LogP contribution >= 0.6 is 0 Å². The Morgan fingerprint density at radius 3 is 2.44 bits per heavy atom. The van der Waals surface area contributed by atoms with Crippen LogP contribution < -0.4 is 0 Å². The summed E-state index contributed by atoms with van der Waals surface area (Å²) in [7, 11) is 3.70. The quantitative estimate of drug-likeness (QED) is 0.690. The highest BCUT2D eigenvalue weighted by molar-refractivity contribution is 5.92. The maximum absolute atomic E-state index is 12.0. The second-order valence-electron chi connectivity index (χ2n) is 4.17. The molecule has 0 radical (unpaired) electrons. The van der Waals surface area contributed by atoms with E-state index in [2.05, 4.69) is 15.2 Å². The SMILES string of the molecule is Cc1nc(C(=O)N(CCN(C)C)CC(=O)O)n[nH]1. The Kier molecular flexibility index (Phi) is 4.78. The summed E-state index contributed by atoms with van der Waals surface area (Å²) in [6, 6.07) is 0. The van der Waals surface area contributed by atoms with E-state index in [-0.39, 0.29) is 12.4 Å². The number of nitrogens with one attached hydrogen (secondary N) is 1. The predicted octanol–water partition coefficient (Wildman–Crippen LogP) is -0.798. The Hall–Kier alpha value is -1.96. The second-order valence-corrected chi connectivity index (χ2v) is 4.17. The number of carboxylic acid groups (broad SMARTS) is 1. The number of hydrogen-bond acceptors (Lipinski definition) is 5. The van der Waals surface area contributed by atoms with Crippen LogP contribution in [0.25, 0.3) is 0 Å². The molecule has 0 aliphatic carbocycles. The number of carboxylic acids is 1. The normalized spacial score (nSPS) is 10.7. The zero-order valence-corrected chi connectivity index (χ0v) is 10.7. The van der Waals surface area contributed by atoms with Gasteiger partial charge < -0.3 is 14.9 Å². The molecular formula is C10H17N5O3. The van der Waals surface area contributed by atoms with Gasteiger partial charge in [-0.05, 0) is 21.0 Å². The van der Waals surface area contributed by atoms with Crippen molar-refractivity contribution in [3.63, 3.8) is 0 Å². The summed E-state index contributed by atoms with van der Waals surface area (Å²) in [5.74, 6) is -1.04. The van der Waals surface area contributed by atoms with E-state index in [1.807, 2.05) is 19.0 Å². The van der Waals surface area contributed by atoms with E-state index in [9.17, 15) is 9.59 Å². The van der Waals surface area contributed by atoms with Gasteiger partial charge in [-0.3, -0.25) is 14.7 Å². The van der Waals surface area contributed by atoms with Gasteiger partial charge in [0.25, 0.3) is 5.91 Å². The first-order valence-corrected chi connectivity index (χ1v) is 5.45. The average molecular weight is 255 g/mol. The van der Waals surface area contributed by atoms with Gasteiger partial charge in [0, 0.05) is 13.1 Å². The number of likely N-dealkylation sites (N-methyl/N-ethyl adjacent to an activating group) is 1. The van der Waals surface area contributed by atoms with Gasteiger partial charge in [-0.15, -0.1) is 5.10 Å². The minimum atomic E-state index is -1.06. The van der Waals surface area contributed by atoms with Gasteiger partial charge in [0.2, 0.25) is 5.82 Å². The molecule has 1 rings (SSSR count). The summed E-state index contributed by atoms with van der Waals surface area (Å²) in [5, 5.41) is 15.1. The first-order chi connectivity index (χ1) is 8.40. The zero-order valence-electron chi connectivity index (χ0n) is 10.7. The molecule has 1 aromatic heterocycles. The molecule has 1 amide bonds. The van der Waals surface area contributed by atoms with Gasteiger partial charge in [-0.25, -0.2) is 4.98 Å². The van der Waals surface area contributed by atoms with Gasteiger partial charge in [-0.2, -0.15) is 0 Å². The second kappa shape index (κ2) is 6.10. The summed E-state index contributed by atoms with van der Waals surface area (Å²) in [4.78, 5) is 29.7. The lowest BCUT2D eigenvalue weighted by Gasteiger charge is -2.21. The fraction of sp³-hybridized carbons (Fsp3) is 0.600. The number of rotatable bonds is 6. The number of carbonyl (C=O) groups excluding carboxylic acids is 1. The number of aliphatic carboxylic acids is 1. The molecule has 0 spiro atoms. The van der Waals surface area contributed by atoms with Crippen molar-refractivity contribution in [3.8, 4) is 0 Å². The van der Waals surface area contributed by atoms with E-state index in [1.54, 1.807) is 6.92 Å². The van der Waals surface area contributed by atoms with Crippen LogP contribution in [0.5, 0.6) is 0 Å². The number of aromatic amines is 1. The summed E-state index contributed by atoms with van der Waals surface area (Å²) in [5.41, 5.74) is 0. The molecule has 0 aromatic carbocycles. The van der Waals surface area contributed by atoms with Gasteiger partial charge in [0.15, 0.2) is 0 Å². The molecule has 0 saturated heterocycles. The fourth-order valence-corrected chi connectivity index (χ4v) is 1.32. The summed E-state index contributed by atoms with van der Waals surface area (Å²) < 4.78 is 0. The van der Waals surface area contributed by atoms with Crippen molar-refractivity contribution in [2.45, 2.75) is 6.92 Å². The lowest BCUT2D eigenvalue weighted by atomic mass is 10.4. The van der Waals surface area contributed by atoms with E-state index >= 15 is 0 Å². The van der Waals surface area contributed by atoms with Crippen LogP contribution in [0.3, 0.4) is 0 Å². The van der Waals surface area contributed by atoms with Crippen LogP contribution in [-0.2, 0) is 4.79 Å². The van der Waals surface area contributed by atoms with Crippen molar-refractivity contribution in [1.29, 1.82) is 0 Å². The molecule has 8 nitrogen and oxygen atoms in total. The number of hydrogen-bond donors (Lipinski definition) is 2. The number of aryl methyl sites for hydroxylation is 1. The lowest BCUT2D eigenvalue weighted by molar-refractivity contribution is -0.137. The summed E-state index contributed by atoms with van der Waals surface area (Å²) >= 11 is 0. The van der Waals surface area contributed by atoms with Crippen LogP contribution in [0.1, 0.15) is 16.4 Å². The molecule has 0 unspecified atom stereocenters. The van der Waals surface area contributed by atoms with Crippen molar-refractivity contribution in [1.82, 2.24) is 25.0 Å². The molecule has 8 heteroatoms. The minimum absolute atomic E-state index is 0.00694. The highest BCUT2D eigenvalue weighted by Crippen LogP contribution is 2.00.